The molecule has 0 unspecified atom stereocenters. The van der Waals surface area contributed by atoms with E-state index in [1.54, 1.807) is 0 Å². The first-order valence-corrected chi connectivity index (χ1v) is 8.78. The summed E-state index contributed by atoms with van der Waals surface area (Å²) in [6.07, 6.45) is 6.64. The van der Waals surface area contributed by atoms with Crippen molar-refractivity contribution in [1.82, 2.24) is 9.88 Å². The van der Waals surface area contributed by atoms with Gasteiger partial charge in [0.25, 0.3) is 0 Å². The molecule has 1 N–H and O–H groups in total. The van der Waals surface area contributed by atoms with E-state index in [4.69, 9.17) is 4.98 Å². The largest absolute Gasteiger partial charge is 0.393 e. The SMILES string of the molecule is CN1CCC[C@@H](Cc2cccc(N3CCC(O)CC3)n2)CC1. The predicted molar refractivity (Wildman–Crippen MR) is 90.2 cm³/mol. The zero-order valence-electron chi connectivity index (χ0n) is 13.7. The molecule has 0 saturated carbocycles. The molecule has 0 aromatic carbocycles. The van der Waals surface area contributed by atoms with Crippen LogP contribution >= 0.6 is 0 Å². The van der Waals surface area contributed by atoms with E-state index in [0.717, 1.165) is 44.1 Å². The molecule has 0 aliphatic carbocycles. The van der Waals surface area contributed by atoms with Crippen molar-refractivity contribution in [2.45, 2.75) is 44.6 Å². The lowest BCUT2D eigenvalue weighted by Crippen LogP contribution is -2.36. The lowest BCUT2D eigenvalue weighted by atomic mass is 9.95. The quantitative estimate of drug-likeness (QED) is 0.930. The number of likely N-dealkylation sites (tertiary alicyclic amines) is 1. The van der Waals surface area contributed by atoms with Gasteiger partial charge in [-0.25, -0.2) is 4.98 Å². The van der Waals surface area contributed by atoms with Gasteiger partial charge in [-0.15, -0.1) is 0 Å². The summed E-state index contributed by atoms with van der Waals surface area (Å²) in [5, 5.41) is 9.64. The van der Waals surface area contributed by atoms with Crippen LogP contribution in [0, 0.1) is 5.92 Å². The molecule has 2 aliphatic rings. The van der Waals surface area contributed by atoms with Crippen molar-refractivity contribution in [3.05, 3.63) is 23.9 Å². The summed E-state index contributed by atoms with van der Waals surface area (Å²) in [6, 6.07) is 6.44. The first-order valence-electron chi connectivity index (χ1n) is 8.78. The highest BCUT2D eigenvalue weighted by Crippen LogP contribution is 2.23. The second-order valence-corrected chi connectivity index (χ2v) is 7.01. The molecule has 3 rings (SSSR count). The number of nitrogens with zero attached hydrogens (tertiary/aromatic N) is 3. The third-order valence-electron chi connectivity index (χ3n) is 5.15. The van der Waals surface area contributed by atoms with E-state index in [1.807, 2.05) is 0 Å². The number of hydrogen-bond donors (Lipinski definition) is 1. The van der Waals surface area contributed by atoms with Crippen LogP contribution in [0.15, 0.2) is 18.2 Å². The minimum atomic E-state index is -0.123. The van der Waals surface area contributed by atoms with Gasteiger partial charge in [0.15, 0.2) is 0 Å². The smallest absolute Gasteiger partial charge is 0.128 e. The van der Waals surface area contributed by atoms with Gasteiger partial charge in [0.05, 0.1) is 6.10 Å². The summed E-state index contributed by atoms with van der Waals surface area (Å²) < 4.78 is 0. The molecule has 3 heterocycles. The molecule has 1 atom stereocenters. The van der Waals surface area contributed by atoms with Gasteiger partial charge in [0.1, 0.15) is 5.82 Å². The van der Waals surface area contributed by atoms with Gasteiger partial charge >= 0.3 is 0 Å². The number of aromatic nitrogens is 1. The molecule has 1 aromatic rings. The topological polar surface area (TPSA) is 39.6 Å². The third kappa shape index (κ3) is 4.20. The number of anilines is 1. The van der Waals surface area contributed by atoms with E-state index in [1.165, 1.54) is 38.0 Å². The van der Waals surface area contributed by atoms with Crippen LogP contribution in [0.5, 0.6) is 0 Å². The normalized spacial score (nSPS) is 25.2. The molecule has 0 bridgehead atoms. The summed E-state index contributed by atoms with van der Waals surface area (Å²) >= 11 is 0. The van der Waals surface area contributed by atoms with E-state index < -0.39 is 0 Å². The van der Waals surface area contributed by atoms with E-state index in [2.05, 4.69) is 35.0 Å². The average molecular weight is 303 g/mol. The lowest BCUT2D eigenvalue weighted by Gasteiger charge is -2.30. The van der Waals surface area contributed by atoms with Gasteiger partial charge in [0.2, 0.25) is 0 Å². The fourth-order valence-electron chi connectivity index (χ4n) is 3.66. The van der Waals surface area contributed by atoms with Gasteiger partial charge in [-0.2, -0.15) is 0 Å². The monoisotopic (exact) mass is 303 g/mol. The standard InChI is InChI=1S/C18H29N3O/c1-20-10-3-4-15(7-11-20)14-16-5-2-6-18(19-16)21-12-8-17(22)9-13-21/h2,5-6,15,17,22H,3-4,7-14H2,1H3/t15-/m1/s1. The first kappa shape index (κ1) is 15.8. The maximum atomic E-state index is 9.64. The summed E-state index contributed by atoms with van der Waals surface area (Å²) in [4.78, 5) is 9.66. The second kappa shape index (κ2) is 7.42. The maximum Gasteiger partial charge on any atom is 0.128 e. The van der Waals surface area contributed by atoms with Crippen molar-refractivity contribution in [3.8, 4) is 0 Å². The minimum Gasteiger partial charge on any atom is -0.393 e. The molecule has 2 saturated heterocycles. The Kier molecular flexibility index (Phi) is 5.32. The highest BCUT2D eigenvalue weighted by molar-refractivity contribution is 5.39. The fraction of sp³-hybridized carbons (Fsp3) is 0.722. The van der Waals surface area contributed by atoms with E-state index in [0.29, 0.717) is 0 Å². The van der Waals surface area contributed by atoms with Gasteiger partial charge in [0, 0.05) is 18.8 Å². The number of pyridine rings is 1. The Morgan fingerprint density at radius 3 is 2.73 bits per heavy atom. The number of aliphatic hydroxyl groups is 1. The summed E-state index contributed by atoms with van der Waals surface area (Å²) in [5.41, 5.74) is 1.23. The van der Waals surface area contributed by atoms with Crippen molar-refractivity contribution in [2.75, 3.05) is 38.1 Å². The highest BCUT2D eigenvalue weighted by Gasteiger charge is 2.19. The van der Waals surface area contributed by atoms with Crippen LogP contribution in [0.3, 0.4) is 0 Å². The van der Waals surface area contributed by atoms with Gasteiger partial charge in [-0.3, -0.25) is 0 Å². The second-order valence-electron chi connectivity index (χ2n) is 7.01. The van der Waals surface area contributed by atoms with Crippen molar-refractivity contribution < 1.29 is 5.11 Å². The molecule has 0 radical (unpaired) electrons. The molecular formula is C18H29N3O. The Morgan fingerprint density at radius 1 is 1.09 bits per heavy atom. The number of hydrogen-bond acceptors (Lipinski definition) is 4. The van der Waals surface area contributed by atoms with Crippen LogP contribution in [-0.4, -0.2) is 54.3 Å². The molecular weight excluding hydrogens is 274 g/mol. The Bertz CT molecular complexity index is 471. The summed E-state index contributed by atoms with van der Waals surface area (Å²) in [6.45, 7) is 4.30. The van der Waals surface area contributed by atoms with Crippen molar-refractivity contribution >= 4 is 5.82 Å². The molecule has 2 aliphatic heterocycles. The molecule has 122 valence electrons. The Balaban J connectivity index is 1.61. The molecule has 4 nitrogen and oxygen atoms in total. The van der Waals surface area contributed by atoms with Crippen LogP contribution in [0.1, 0.15) is 37.8 Å². The Labute approximate surface area is 134 Å². The molecule has 2 fully saturated rings. The highest BCUT2D eigenvalue weighted by atomic mass is 16.3. The van der Waals surface area contributed by atoms with E-state index in [-0.39, 0.29) is 6.10 Å². The van der Waals surface area contributed by atoms with Gasteiger partial charge < -0.3 is 14.9 Å². The van der Waals surface area contributed by atoms with E-state index >= 15 is 0 Å². The molecule has 4 heteroatoms. The maximum absolute atomic E-state index is 9.64. The van der Waals surface area contributed by atoms with Crippen LogP contribution < -0.4 is 4.90 Å². The Morgan fingerprint density at radius 2 is 1.91 bits per heavy atom. The van der Waals surface area contributed by atoms with Gasteiger partial charge in [-0.05, 0) is 76.7 Å². The van der Waals surface area contributed by atoms with Crippen LogP contribution in [0.4, 0.5) is 5.82 Å². The molecule has 22 heavy (non-hydrogen) atoms. The molecule has 1 aromatic heterocycles. The number of aliphatic hydroxyl groups excluding tert-OH is 1. The number of piperidine rings is 1. The molecule has 0 spiro atoms. The molecule has 0 amide bonds. The lowest BCUT2D eigenvalue weighted by molar-refractivity contribution is 0.145. The zero-order chi connectivity index (χ0) is 15.4. The summed E-state index contributed by atoms with van der Waals surface area (Å²) in [5.74, 6) is 1.87. The Hall–Kier alpha value is -1.13. The first-order chi connectivity index (χ1) is 10.7. The number of rotatable bonds is 3. The zero-order valence-corrected chi connectivity index (χ0v) is 13.7. The fourth-order valence-corrected chi connectivity index (χ4v) is 3.66. The summed E-state index contributed by atoms with van der Waals surface area (Å²) in [7, 11) is 2.23. The van der Waals surface area contributed by atoms with Crippen LogP contribution in [0.2, 0.25) is 0 Å². The van der Waals surface area contributed by atoms with Crippen molar-refractivity contribution in [2.24, 2.45) is 5.92 Å². The van der Waals surface area contributed by atoms with Crippen molar-refractivity contribution in [3.63, 3.8) is 0 Å². The van der Waals surface area contributed by atoms with E-state index in [9.17, 15) is 5.11 Å². The predicted octanol–water partition coefficient (Wildman–Crippen LogP) is 2.32. The van der Waals surface area contributed by atoms with Crippen LogP contribution in [0.25, 0.3) is 0 Å². The van der Waals surface area contributed by atoms with Crippen molar-refractivity contribution in [1.29, 1.82) is 0 Å². The van der Waals surface area contributed by atoms with Gasteiger partial charge in [-0.1, -0.05) is 6.07 Å². The minimum absolute atomic E-state index is 0.123. The average Bonchev–Trinajstić information content (AvgIpc) is 2.73. The third-order valence-corrected chi connectivity index (χ3v) is 5.15. The van der Waals surface area contributed by atoms with Crippen LogP contribution in [-0.2, 0) is 6.42 Å².